The number of aromatic nitrogens is 2. The lowest BCUT2D eigenvalue weighted by molar-refractivity contribution is 0.0430. The van der Waals surface area contributed by atoms with E-state index in [1.165, 1.54) is 0 Å². The molecule has 122 valence electrons. The van der Waals surface area contributed by atoms with Crippen molar-refractivity contribution in [3.63, 3.8) is 0 Å². The maximum Gasteiger partial charge on any atom is 0.338 e. The molecule has 0 unspecified atom stereocenters. The number of carbonyl (C=O) groups is 1. The predicted molar refractivity (Wildman–Crippen MR) is 89.5 cm³/mol. The van der Waals surface area contributed by atoms with Gasteiger partial charge in [0.2, 0.25) is 5.82 Å². The molecule has 0 N–H and O–H groups in total. The van der Waals surface area contributed by atoms with Crippen molar-refractivity contribution in [2.45, 2.75) is 6.61 Å². The normalized spacial score (nSPS) is 10.4. The molecule has 0 saturated carbocycles. The van der Waals surface area contributed by atoms with Crippen molar-refractivity contribution in [2.24, 2.45) is 0 Å². The number of nitrogens with zero attached hydrogens (tertiary/aromatic N) is 2. The third kappa shape index (κ3) is 3.80. The number of ether oxygens (including phenoxy) is 2. The summed E-state index contributed by atoms with van der Waals surface area (Å²) >= 11 is 3.31. The second-order valence-electron chi connectivity index (χ2n) is 4.82. The number of hydrogen-bond acceptors (Lipinski definition) is 6. The van der Waals surface area contributed by atoms with Crippen LogP contribution >= 0.6 is 15.9 Å². The standard InChI is InChI=1S/C17H13BrN2O4/c1-22-14-8-4-11(5-9-14)16-19-15(24-20-16)10-23-17(21)12-2-6-13(18)7-3-12/h2-9H,10H2,1H3. The molecule has 2 aromatic carbocycles. The summed E-state index contributed by atoms with van der Waals surface area (Å²) in [5, 5.41) is 3.88. The monoisotopic (exact) mass is 388 g/mol. The molecular weight excluding hydrogens is 376 g/mol. The Kier molecular flexibility index (Phi) is 4.90. The van der Waals surface area contributed by atoms with Crippen LogP contribution in [0.15, 0.2) is 57.5 Å². The molecule has 6 nitrogen and oxygen atoms in total. The van der Waals surface area contributed by atoms with Crippen molar-refractivity contribution in [1.82, 2.24) is 10.1 Å². The molecule has 0 aliphatic rings. The molecule has 0 bridgehead atoms. The van der Waals surface area contributed by atoms with E-state index in [2.05, 4.69) is 26.1 Å². The van der Waals surface area contributed by atoms with Gasteiger partial charge < -0.3 is 14.0 Å². The van der Waals surface area contributed by atoms with E-state index in [1.807, 2.05) is 12.1 Å². The van der Waals surface area contributed by atoms with Crippen LogP contribution in [0.25, 0.3) is 11.4 Å². The molecule has 3 rings (SSSR count). The highest BCUT2D eigenvalue weighted by Crippen LogP contribution is 2.20. The van der Waals surface area contributed by atoms with E-state index in [-0.39, 0.29) is 12.5 Å². The largest absolute Gasteiger partial charge is 0.497 e. The van der Waals surface area contributed by atoms with Gasteiger partial charge >= 0.3 is 5.97 Å². The molecule has 0 aliphatic heterocycles. The Bertz CT molecular complexity index is 829. The Morgan fingerprint density at radius 1 is 1.12 bits per heavy atom. The summed E-state index contributed by atoms with van der Waals surface area (Å²) in [5.74, 6) is 0.941. The van der Waals surface area contributed by atoms with Crippen LogP contribution in [-0.4, -0.2) is 23.2 Å². The minimum Gasteiger partial charge on any atom is -0.497 e. The molecule has 24 heavy (non-hydrogen) atoms. The highest BCUT2D eigenvalue weighted by molar-refractivity contribution is 9.10. The van der Waals surface area contributed by atoms with Gasteiger partial charge in [-0.3, -0.25) is 0 Å². The van der Waals surface area contributed by atoms with E-state index in [4.69, 9.17) is 14.0 Å². The van der Waals surface area contributed by atoms with Crippen LogP contribution in [-0.2, 0) is 11.3 Å². The van der Waals surface area contributed by atoms with E-state index in [1.54, 1.807) is 43.5 Å². The third-order valence-electron chi connectivity index (χ3n) is 3.22. The molecule has 0 fully saturated rings. The topological polar surface area (TPSA) is 74.5 Å². The molecule has 3 aromatic rings. The first-order chi connectivity index (χ1) is 11.7. The van der Waals surface area contributed by atoms with E-state index >= 15 is 0 Å². The van der Waals surface area contributed by atoms with Crippen LogP contribution in [0.1, 0.15) is 16.2 Å². The summed E-state index contributed by atoms with van der Waals surface area (Å²) in [5.41, 5.74) is 1.23. The minimum atomic E-state index is -0.452. The highest BCUT2D eigenvalue weighted by Gasteiger charge is 2.12. The number of methoxy groups -OCH3 is 1. The van der Waals surface area contributed by atoms with Gasteiger partial charge in [0.15, 0.2) is 6.61 Å². The molecule has 0 radical (unpaired) electrons. The highest BCUT2D eigenvalue weighted by atomic mass is 79.9. The van der Waals surface area contributed by atoms with Crippen LogP contribution in [0.4, 0.5) is 0 Å². The maximum atomic E-state index is 11.9. The molecule has 7 heteroatoms. The summed E-state index contributed by atoms with van der Waals surface area (Å²) in [4.78, 5) is 16.1. The van der Waals surface area contributed by atoms with E-state index in [0.29, 0.717) is 11.4 Å². The molecule has 1 aromatic heterocycles. The fourth-order valence-corrected chi connectivity index (χ4v) is 2.23. The van der Waals surface area contributed by atoms with E-state index in [9.17, 15) is 4.79 Å². The van der Waals surface area contributed by atoms with Crippen LogP contribution in [0.3, 0.4) is 0 Å². The van der Waals surface area contributed by atoms with Gasteiger partial charge in [-0.1, -0.05) is 21.1 Å². The Morgan fingerprint density at radius 3 is 2.50 bits per heavy atom. The molecule has 0 saturated heterocycles. The smallest absolute Gasteiger partial charge is 0.338 e. The average molecular weight is 389 g/mol. The Morgan fingerprint density at radius 2 is 1.83 bits per heavy atom. The van der Waals surface area contributed by atoms with Gasteiger partial charge in [-0.15, -0.1) is 0 Å². The van der Waals surface area contributed by atoms with Crippen molar-refractivity contribution in [2.75, 3.05) is 7.11 Å². The molecule has 1 heterocycles. The second kappa shape index (κ2) is 7.27. The van der Waals surface area contributed by atoms with Crippen molar-refractivity contribution in [1.29, 1.82) is 0 Å². The minimum absolute atomic E-state index is 0.0853. The number of halogens is 1. The van der Waals surface area contributed by atoms with Crippen molar-refractivity contribution < 1.29 is 18.8 Å². The molecule has 0 aliphatic carbocycles. The van der Waals surface area contributed by atoms with Gasteiger partial charge in [-0.25, -0.2) is 4.79 Å². The summed E-state index contributed by atoms with van der Waals surface area (Å²) in [6, 6.07) is 14.1. The first-order valence-corrected chi connectivity index (χ1v) is 7.85. The Balaban J connectivity index is 1.63. The van der Waals surface area contributed by atoms with Gasteiger partial charge in [0, 0.05) is 10.0 Å². The average Bonchev–Trinajstić information content (AvgIpc) is 3.09. The lowest BCUT2D eigenvalue weighted by Gasteiger charge is -2.01. The van der Waals surface area contributed by atoms with Gasteiger partial charge in [0.05, 0.1) is 12.7 Å². The van der Waals surface area contributed by atoms with Gasteiger partial charge in [-0.05, 0) is 48.5 Å². The van der Waals surface area contributed by atoms with Gasteiger partial charge in [-0.2, -0.15) is 4.98 Å². The summed E-state index contributed by atoms with van der Waals surface area (Å²) in [7, 11) is 1.60. The molecular formula is C17H13BrN2O4. The van der Waals surface area contributed by atoms with E-state index < -0.39 is 5.97 Å². The molecule has 0 atom stereocenters. The van der Waals surface area contributed by atoms with Crippen LogP contribution < -0.4 is 4.74 Å². The lowest BCUT2D eigenvalue weighted by atomic mass is 10.2. The number of carbonyl (C=O) groups excluding carboxylic acids is 1. The summed E-state index contributed by atoms with van der Waals surface area (Å²) in [6.07, 6.45) is 0. The number of hydrogen-bond donors (Lipinski definition) is 0. The number of benzene rings is 2. The second-order valence-corrected chi connectivity index (χ2v) is 5.74. The predicted octanol–water partition coefficient (Wildman–Crippen LogP) is 3.86. The third-order valence-corrected chi connectivity index (χ3v) is 3.75. The van der Waals surface area contributed by atoms with Crippen LogP contribution in [0.5, 0.6) is 5.75 Å². The summed E-state index contributed by atoms with van der Waals surface area (Å²) in [6.45, 7) is -0.0853. The van der Waals surface area contributed by atoms with Gasteiger partial charge in [0.25, 0.3) is 5.89 Å². The zero-order chi connectivity index (χ0) is 16.9. The van der Waals surface area contributed by atoms with Crippen LogP contribution in [0.2, 0.25) is 0 Å². The zero-order valence-corrected chi connectivity index (χ0v) is 14.3. The fourth-order valence-electron chi connectivity index (χ4n) is 1.97. The first kappa shape index (κ1) is 16.2. The van der Waals surface area contributed by atoms with E-state index in [0.717, 1.165) is 15.8 Å². The van der Waals surface area contributed by atoms with Crippen LogP contribution in [0, 0.1) is 0 Å². The molecule has 0 spiro atoms. The van der Waals surface area contributed by atoms with Gasteiger partial charge in [0.1, 0.15) is 5.75 Å². The Labute approximate surface area is 146 Å². The zero-order valence-electron chi connectivity index (χ0n) is 12.7. The fraction of sp³-hybridized carbons (Fsp3) is 0.118. The Hall–Kier alpha value is -2.67. The SMILES string of the molecule is COc1ccc(-c2noc(COC(=O)c3ccc(Br)cc3)n2)cc1. The first-order valence-electron chi connectivity index (χ1n) is 7.05. The number of rotatable bonds is 5. The van der Waals surface area contributed by atoms with Crippen molar-refractivity contribution in [3.8, 4) is 17.1 Å². The maximum absolute atomic E-state index is 11.9. The quantitative estimate of drug-likeness (QED) is 0.617. The van der Waals surface area contributed by atoms with Crippen molar-refractivity contribution >= 4 is 21.9 Å². The lowest BCUT2D eigenvalue weighted by Crippen LogP contribution is -2.05. The number of esters is 1. The van der Waals surface area contributed by atoms with Crippen molar-refractivity contribution in [3.05, 3.63) is 64.5 Å². The molecule has 0 amide bonds. The summed E-state index contributed by atoms with van der Waals surface area (Å²) < 4.78 is 16.3.